The maximum absolute atomic E-state index is 10.2. The second-order valence-electron chi connectivity index (χ2n) is 4.19. The van der Waals surface area contributed by atoms with Crippen LogP contribution >= 0.6 is 11.3 Å². The molecule has 1 aromatic heterocycles. The lowest BCUT2D eigenvalue weighted by Gasteiger charge is -2.07. The van der Waals surface area contributed by atoms with Gasteiger partial charge in [-0.1, -0.05) is 30.3 Å². The van der Waals surface area contributed by atoms with Gasteiger partial charge in [-0.05, 0) is 28.5 Å². The molecule has 0 atom stereocenters. The van der Waals surface area contributed by atoms with E-state index in [9.17, 15) is 5.11 Å². The molecule has 3 heteroatoms. The van der Waals surface area contributed by atoms with E-state index in [1.165, 1.54) is 4.88 Å². The van der Waals surface area contributed by atoms with Crippen LogP contribution in [0.3, 0.4) is 0 Å². The van der Waals surface area contributed by atoms with Crippen LogP contribution in [0.4, 0.5) is 0 Å². The summed E-state index contributed by atoms with van der Waals surface area (Å²) < 4.78 is 0. The van der Waals surface area contributed by atoms with Crippen molar-refractivity contribution in [3.05, 3.63) is 53.4 Å². The highest BCUT2D eigenvalue weighted by atomic mass is 32.1. The molecule has 0 unspecified atom stereocenters. The second kappa shape index (κ2) is 4.44. The van der Waals surface area contributed by atoms with Crippen molar-refractivity contribution >= 4 is 22.1 Å². The van der Waals surface area contributed by atoms with Crippen LogP contribution in [0.5, 0.6) is 5.75 Å². The highest BCUT2D eigenvalue weighted by molar-refractivity contribution is 7.13. The monoisotopic (exact) mass is 255 g/mol. The Morgan fingerprint density at radius 1 is 1.11 bits per heavy atom. The molecule has 0 bridgehead atoms. The molecular weight excluding hydrogens is 242 g/mol. The smallest absolute Gasteiger partial charge is 0.127 e. The van der Waals surface area contributed by atoms with Crippen molar-refractivity contribution in [2.45, 2.75) is 6.54 Å². The molecule has 0 fully saturated rings. The summed E-state index contributed by atoms with van der Waals surface area (Å²) in [5.74, 6) is 0.299. The Hall–Kier alpha value is -1.84. The van der Waals surface area contributed by atoms with Crippen molar-refractivity contribution in [3.8, 4) is 16.2 Å². The summed E-state index contributed by atoms with van der Waals surface area (Å²) in [5, 5.41) is 14.1. The van der Waals surface area contributed by atoms with Crippen molar-refractivity contribution in [1.29, 1.82) is 0 Å². The molecule has 0 aliphatic rings. The second-order valence-corrected chi connectivity index (χ2v) is 5.14. The minimum Gasteiger partial charge on any atom is -0.507 e. The number of rotatable bonds is 2. The summed E-state index contributed by atoms with van der Waals surface area (Å²) in [7, 11) is 0. The van der Waals surface area contributed by atoms with Crippen LogP contribution in [0.15, 0.2) is 47.8 Å². The SMILES string of the molecule is NCc1ccc2ccc(-c3cccs3)cc2c1O. The van der Waals surface area contributed by atoms with Gasteiger partial charge in [0.05, 0.1) is 0 Å². The summed E-state index contributed by atoms with van der Waals surface area (Å²) in [4.78, 5) is 1.20. The summed E-state index contributed by atoms with van der Waals surface area (Å²) in [6.07, 6.45) is 0. The minimum atomic E-state index is 0.299. The van der Waals surface area contributed by atoms with Crippen molar-refractivity contribution < 1.29 is 5.11 Å². The van der Waals surface area contributed by atoms with Gasteiger partial charge in [-0.3, -0.25) is 0 Å². The molecule has 0 radical (unpaired) electrons. The fourth-order valence-electron chi connectivity index (χ4n) is 2.11. The summed E-state index contributed by atoms with van der Waals surface area (Å²) in [5.41, 5.74) is 7.53. The summed E-state index contributed by atoms with van der Waals surface area (Å²) >= 11 is 1.69. The van der Waals surface area contributed by atoms with Crippen molar-refractivity contribution in [2.24, 2.45) is 5.73 Å². The van der Waals surface area contributed by atoms with Crippen LogP contribution in [0.1, 0.15) is 5.56 Å². The molecule has 90 valence electrons. The number of thiophene rings is 1. The lowest BCUT2D eigenvalue weighted by Crippen LogP contribution is -1.96. The molecule has 3 aromatic rings. The molecule has 0 aliphatic carbocycles. The van der Waals surface area contributed by atoms with Crippen LogP contribution in [-0.2, 0) is 6.54 Å². The molecular formula is C15H13NOS. The first-order valence-electron chi connectivity index (χ1n) is 5.78. The number of benzene rings is 2. The highest BCUT2D eigenvalue weighted by Crippen LogP contribution is 2.33. The van der Waals surface area contributed by atoms with Gasteiger partial charge in [0, 0.05) is 22.4 Å². The zero-order chi connectivity index (χ0) is 12.5. The van der Waals surface area contributed by atoms with Gasteiger partial charge in [-0.25, -0.2) is 0 Å². The average Bonchev–Trinajstić information content (AvgIpc) is 2.93. The predicted octanol–water partition coefficient (Wildman–Crippen LogP) is 3.73. The molecule has 0 aliphatic heterocycles. The Labute approximate surface area is 109 Å². The third-order valence-electron chi connectivity index (χ3n) is 3.10. The fourth-order valence-corrected chi connectivity index (χ4v) is 2.83. The van der Waals surface area contributed by atoms with E-state index >= 15 is 0 Å². The molecule has 0 spiro atoms. The highest BCUT2D eigenvalue weighted by Gasteiger charge is 2.07. The van der Waals surface area contributed by atoms with E-state index in [1.54, 1.807) is 11.3 Å². The number of hydrogen-bond donors (Lipinski definition) is 2. The van der Waals surface area contributed by atoms with Gasteiger partial charge >= 0.3 is 0 Å². The van der Waals surface area contributed by atoms with E-state index in [0.29, 0.717) is 12.3 Å². The van der Waals surface area contributed by atoms with Gasteiger partial charge in [0.1, 0.15) is 5.75 Å². The number of phenolic OH excluding ortho intramolecular Hbond substituents is 1. The molecule has 0 saturated carbocycles. The average molecular weight is 255 g/mol. The van der Waals surface area contributed by atoms with E-state index in [4.69, 9.17) is 5.73 Å². The first kappa shape index (κ1) is 11.3. The number of aromatic hydroxyl groups is 1. The number of nitrogens with two attached hydrogens (primary N) is 1. The zero-order valence-electron chi connectivity index (χ0n) is 9.76. The molecule has 0 saturated heterocycles. The van der Waals surface area contributed by atoms with Gasteiger partial charge in [0.25, 0.3) is 0 Å². The first-order chi connectivity index (χ1) is 8.79. The van der Waals surface area contributed by atoms with Crippen molar-refractivity contribution in [2.75, 3.05) is 0 Å². The third-order valence-corrected chi connectivity index (χ3v) is 4.02. The van der Waals surface area contributed by atoms with Crippen molar-refractivity contribution in [1.82, 2.24) is 0 Å². The minimum absolute atomic E-state index is 0.299. The van der Waals surface area contributed by atoms with E-state index < -0.39 is 0 Å². The Morgan fingerprint density at radius 2 is 1.94 bits per heavy atom. The normalized spacial score (nSPS) is 10.9. The van der Waals surface area contributed by atoms with Crippen molar-refractivity contribution in [3.63, 3.8) is 0 Å². The maximum Gasteiger partial charge on any atom is 0.127 e. The zero-order valence-corrected chi connectivity index (χ0v) is 10.6. The molecule has 2 nitrogen and oxygen atoms in total. The Balaban J connectivity index is 2.24. The largest absolute Gasteiger partial charge is 0.507 e. The number of fused-ring (bicyclic) bond motifs is 1. The first-order valence-corrected chi connectivity index (χ1v) is 6.66. The molecule has 18 heavy (non-hydrogen) atoms. The van der Waals surface area contributed by atoms with Crippen LogP contribution in [0.25, 0.3) is 21.2 Å². The van der Waals surface area contributed by atoms with Crippen LogP contribution < -0.4 is 5.73 Å². The van der Waals surface area contributed by atoms with E-state index in [2.05, 4.69) is 17.5 Å². The third kappa shape index (κ3) is 1.78. The molecule has 1 heterocycles. The van der Waals surface area contributed by atoms with Gasteiger partial charge in [0.15, 0.2) is 0 Å². The molecule has 3 rings (SSSR count). The molecule has 0 amide bonds. The van der Waals surface area contributed by atoms with E-state index in [-0.39, 0.29) is 0 Å². The molecule has 2 aromatic carbocycles. The van der Waals surface area contributed by atoms with E-state index in [1.807, 2.05) is 30.3 Å². The summed E-state index contributed by atoms with van der Waals surface area (Å²) in [6.45, 7) is 0.352. The lowest BCUT2D eigenvalue weighted by molar-refractivity contribution is 0.475. The predicted molar refractivity (Wildman–Crippen MR) is 76.8 cm³/mol. The van der Waals surface area contributed by atoms with Gasteiger partial charge in [-0.2, -0.15) is 0 Å². The fraction of sp³-hybridized carbons (Fsp3) is 0.0667. The van der Waals surface area contributed by atoms with E-state index in [0.717, 1.165) is 21.9 Å². The Bertz CT molecular complexity index is 689. The number of phenols is 1. The maximum atomic E-state index is 10.2. The van der Waals surface area contributed by atoms with Gasteiger partial charge in [0.2, 0.25) is 0 Å². The lowest BCUT2D eigenvalue weighted by atomic mass is 10.0. The van der Waals surface area contributed by atoms with Crippen LogP contribution in [-0.4, -0.2) is 5.11 Å². The van der Waals surface area contributed by atoms with Crippen LogP contribution in [0.2, 0.25) is 0 Å². The standard InChI is InChI=1S/C15H13NOS/c16-9-12-6-4-10-3-5-11(8-13(10)15(12)17)14-2-1-7-18-14/h1-8,17H,9,16H2. The molecule has 3 N–H and O–H groups in total. The summed E-state index contributed by atoms with van der Waals surface area (Å²) in [6, 6.07) is 14.1. The Morgan fingerprint density at radius 3 is 2.67 bits per heavy atom. The van der Waals surface area contributed by atoms with Gasteiger partial charge < -0.3 is 10.8 Å². The topological polar surface area (TPSA) is 46.2 Å². The van der Waals surface area contributed by atoms with Gasteiger partial charge in [-0.15, -0.1) is 11.3 Å². The quantitative estimate of drug-likeness (QED) is 0.733. The Kier molecular flexibility index (Phi) is 2.78. The van der Waals surface area contributed by atoms with Crippen LogP contribution in [0, 0.1) is 0 Å². The number of hydrogen-bond acceptors (Lipinski definition) is 3.